The smallest absolute Gasteiger partial charge is 0.368 e. The Morgan fingerprint density at radius 3 is 2.20 bits per heavy atom. The molecule has 0 radical (unpaired) electrons. The van der Waals surface area contributed by atoms with Gasteiger partial charge in [0.25, 0.3) is 0 Å². The van der Waals surface area contributed by atoms with Crippen molar-refractivity contribution >= 4 is 21.8 Å². The molecule has 1 unspecified atom stereocenters. The molecule has 1 heterocycles. The number of hydrogen-bond acceptors (Lipinski definition) is 5. The third-order valence-corrected chi connectivity index (χ3v) is 11.2. The summed E-state index contributed by atoms with van der Waals surface area (Å²) in [6, 6.07) is 18.0. The van der Waals surface area contributed by atoms with Crippen LogP contribution in [-0.2, 0) is 34.0 Å². The second kappa shape index (κ2) is 11.3. The summed E-state index contributed by atoms with van der Waals surface area (Å²) < 4.78 is 82.8. The van der Waals surface area contributed by atoms with E-state index in [9.17, 15) is 30.8 Å². The fourth-order valence-corrected chi connectivity index (χ4v) is 8.50. The largest absolute Gasteiger partial charge is 0.416 e. The molecule has 1 amide bonds. The summed E-state index contributed by atoms with van der Waals surface area (Å²) >= 11 is 0. The average molecular weight is 629 g/mol. The van der Waals surface area contributed by atoms with Gasteiger partial charge < -0.3 is 11.1 Å². The van der Waals surface area contributed by atoms with Gasteiger partial charge in [0.15, 0.2) is 0 Å². The van der Waals surface area contributed by atoms with E-state index < -0.39 is 45.1 Å². The maximum Gasteiger partial charge on any atom is 0.416 e. The number of halogens is 4. The number of primary amides is 1. The number of carbonyl (C=O) groups excluding carboxylic acids is 1. The Hall–Kier alpha value is -3.77. The first-order chi connectivity index (χ1) is 20.9. The van der Waals surface area contributed by atoms with Crippen molar-refractivity contribution in [1.29, 1.82) is 0 Å². The molecule has 3 atom stereocenters. The summed E-state index contributed by atoms with van der Waals surface area (Å²) in [6.07, 6.45) is -2.30. The van der Waals surface area contributed by atoms with Crippen molar-refractivity contribution < 1.29 is 30.8 Å². The minimum Gasteiger partial charge on any atom is -0.368 e. The first kappa shape index (κ1) is 30.3. The Labute approximate surface area is 253 Å². The van der Waals surface area contributed by atoms with Crippen LogP contribution in [0.15, 0.2) is 88.8 Å². The molecular formula is C32H32F4N4O3S. The minimum atomic E-state index is -4.52. The monoisotopic (exact) mass is 628 g/mol. The van der Waals surface area contributed by atoms with E-state index in [1.807, 2.05) is 30.3 Å². The molecule has 2 bridgehead atoms. The predicted octanol–water partition coefficient (Wildman–Crippen LogP) is 4.92. The molecule has 7 nitrogen and oxygen atoms in total. The van der Waals surface area contributed by atoms with E-state index in [4.69, 9.17) is 10.7 Å². The molecule has 232 valence electrons. The molecule has 3 aromatic rings. The van der Waals surface area contributed by atoms with Gasteiger partial charge in [0.2, 0.25) is 15.9 Å². The first-order valence-electron chi connectivity index (χ1n) is 14.5. The Morgan fingerprint density at radius 1 is 0.932 bits per heavy atom. The summed E-state index contributed by atoms with van der Waals surface area (Å²) in [6.45, 7) is 0.00254. The standard InChI is InChI=1S/C32H32F4N4O3S/c33-25-10-12-26(13-11-25)44(42,43)40(18-21-6-8-24(9-7-21)32(34,35)36)28-16-27(22-14-23(28)15-22)29-38-19-31(39-29,30(37)41)17-20-4-2-1-3-5-20/h1-13,22-23,27-28H,14-19H2,(H2,37,41)(H,38,39)/t22?,23?,27-,28+,31?/m0/s1. The number of hydrogen-bond donors (Lipinski definition) is 2. The number of carbonyl (C=O) groups is 1. The zero-order valence-corrected chi connectivity index (χ0v) is 24.5. The number of nitrogens with zero attached hydrogens (tertiary/aromatic N) is 2. The van der Waals surface area contributed by atoms with E-state index in [0.717, 1.165) is 42.7 Å². The van der Waals surface area contributed by atoms with Gasteiger partial charge in [-0.25, -0.2) is 12.8 Å². The third-order valence-electron chi connectivity index (χ3n) is 9.29. The van der Waals surface area contributed by atoms with Crippen LogP contribution in [0.5, 0.6) is 0 Å². The van der Waals surface area contributed by atoms with Crippen LogP contribution in [-0.4, -0.2) is 42.6 Å². The van der Waals surface area contributed by atoms with E-state index in [-0.39, 0.29) is 35.7 Å². The average Bonchev–Trinajstić information content (AvgIpc) is 3.41. The van der Waals surface area contributed by atoms with Crippen LogP contribution in [0.25, 0.3) is 0 Å². The zero-order valence-electron chi connectivity index (χ0n) is 23.7. The molecule has 7 rings (SSSR count). The molecule has 0 saturated heterocycles. The summed E-state index contributed by atoms with van der Waals surface area (Å²) in [7, 11) is -4.18. The first-order valence-corrected chi connectivity index (χ1v) is 15.9. The molecule has 0 aromatic heterocycles. The second-order valence-electron chi connectivity index (χ2n) is 12.0. The third kappa shape index (κ3) is 5.72. The lowest BCUT2D eigenvalue weighted by Gasteiger charge is -2.54. The van der Waals surface area contributed by atoms with E-state index in [1.54, 1.807) is 0 Å². The van der Waals surface area contributed by atoms with Gasteiger partial charge in [0.1, 0.15) is 17.2 Å². The lowest BCUT2D eigenvalue weighted by atomic mass is 9.57. The van der Waals surface area contributed by atoms with Gasteiger partial charge in [-0.15, -0.1) is 0 Å². The summed E-state index contributed by atoms with van der Waals surface area (Å²) in [5.41, 5.74) is 5.28. The molecule has 3 saturated carbocycles. The number of fused-ring (bicyclic) bond motifs is 2. The lowest BCUT2D eigenvalue weighted by Crippen LogP contribution is -2.61. The van der Waals surface area contributed by atoms with Gasteiger partial charge in [-0.05, 0) is 78.6 Å². The van der Waals surface area contributed by atoms with Crippen molar-refractivity contribution in [2.24, 2.45) is 28.5 Å². The van der Waals surface area contributed by atoms with Crippen molar-refractivity contribution in [2.75, 3.05) is 6.54 Å². The number of alkyl halides is 3. The highest BCUT2D eigenvalue weighted by Gasteiger charge is 2.54. The van der Waals surface area contributed by atoms with E-state index in [2.05, 4.69) is 5.32 Å². The van der Waals surface area contributed by atoms with Crippen molar-refractivity contribution in [2.45, 2.75) is 54.9 Å². The fourth-order valence-electron chi connectivity index (χ4n) is 6.81. The van der Waals surface area contributed by atoms with Crippen molar-refractivity contribution in [3.8, 4) is 0 Å². The molecule has 3 aliphatic carbocycles. The zero-order chi connectivity index (χ0) is 31.3. The molecule has 4 aliphatic rings. The van der Waals surface area contributed by atoms with Gasteiger partial charge in [0.05, 0.1) is 17.0 Å². The Balaban J connectivity index is 1.29. The minimum absolute atomic E-state index is 0.0353. The normalized spacial score (nSPS) is 26.5. The van der Waals surface area contributed by atoms with Gasteiger partial charge in [-0.2, -0.15) is 17.5 Å². The second-order valence-corrected chi connectivity index (χ2v) is 13.9. The maximum absolute atomic E-state index is 14.1. The van der Waals surface area contributed by atoms with Crippen LogP contribution >= 0.6 is 0 Å². The molecule has 0 spiro atoms. The highest BCUT2D eigenvalue weighted by atomic mass is 32.2. The Bertz CT molecular complexity index is 1660. The van der Waals surface area contributed by atoms with Gasteiger partial charge in [-0.3, -0.25) is 9.79 Å². The molecule has 3 fully saturated rings. The summed E-state index contributed by atoms with van der Waals surface area (Å²) in [4.78, 5) is 17.4. The lowest BCUT2D eigenvalue weighted by molar-refractivity contribution is -0.137. The van der Waals surface area contributed by atoms with Crippen LogP contribution in [0.4, 0.5) is 17.6 Å². The number of nitrogens with one attached hydrogen (secondary N) is 1. The van der Waals surface area contributed by atoms with Crippen LogP contribution in [0.2, 0.25) is 0 Å². The van der Waals surface area contributed by atoms with E-state index >= 15 is 0 Å². The summed E-state index contributed by atoms with van der Waals surface area (Å²) in [5.74, 6) is -0.377. The van der Waals surface area contributed by atoms with Crippen LogP contribution in [0, 0.1) is 23.6 Å². The number of nitrogens with two attached hydrogens (primary N) is 1. The topological polar surface area (TPSA) is 105 Å². The number of benzene rings is 3. The number of amidine groups is 1. The van der Waals surface area contributed by atoms with Gasteiger partial charge in [-0.1, -0.05) is 42.5 Å². The van der Waals surface area contributed by atoms with Gasteiger partial charge >= 0.3 is 6.18 Å². The highest BCUT2D eigenvalue weighted by molar-refractivity contribution is 7.89. The fraction of sp³-hybridized carbons (Fsp3) is 0.375. The van der Waals surface area contributed by atoms with Crippen molar-refractivity contribution in [3.05, 3.63) is 101 Å². The number of sulfonamides is 1. The van der Waals surface area contributed by atoms with Gasteiger partial charge in [0, 0.05) is 24.9 Å². The molecule has 44 heavy (non-hydrogen) atoms. The molecule has 1 aliphatic heterocycles. The Morgan fingerprint density at radius 2 is 1.59 bits per heavy atom. The number of amides is 1. The van der Waals surface area contributed by atoms with E-state index in [0.29, 0.717) is 24.2 Å². The molecule has 3 aromatic carbocycles. The number of rotatable bonds is 9. The Kier molecular flexibility index (Phi) is 7.77. The van der Waals surface area contributed by atoms with Crippen LogP contribution in [0.3, 0.4) is 0 Å². The van der Waals surface area contributed by atoms with Crippen molar-refractivity contribution in [1.82, 2.24) is 9.62 Å². The molecular weight excluding hydrogens is 596 g/mol. The number of aliphatic imine (C=N–C) groups is 1. The maximum atomic E-state index is 14.1. The highest BCUT2D eigenvalue weighted by Crippen LogP contribution is 2.52. The molecule has 12 heteroatoms. The SMILES string of the molecule is NC(=O)C1(Cc2ccccc2)CN=C([C@H]2C[C@@H](N(Cc3ccc(C(F)(F)F)cc3)S(=O)(=O)c3ccc(F)cc3)C3CC2C3)N1. The summed E-state index contributed by atoms with van der Waals surface area (Å²) in [5, 5.41) is 3.34. The van der Waals surface area contributed by atoms with E-state index in [1.165, 1.54) is 28.6 Å². The van der Waals surface area contributed by atoms with Crippen LogP contribution in [0.1, 0.15) is 36.0 Å². The quantitative estimate of drug-likeness (QED) is 0.329. The van der Waals surface area contributed by atoms with Crippen LogP contribution < -0.4 is 11.1 Å². The van der Waals surface area contributed by atoms with Crippen molar-refractivity contribution in [3.63, 3.8) is 0 Å². The molecule has 3 N–H and O–H groups in total. The predicted molar refractivity (Wildman–Crippen MR) is 156 cm³/mol.